The van der Waals surface area contributed by atoms with Crippen LogP contribution < -0.4 is 15.5 Å². The highest BCUT2D eigenvalue weighted by molar-refractivity contribution is 7.92. The number of nitrogens with zero attached hydrogens (tertiary/aromatic N) is 3. The molecule has 0 saturated heterocycles. The van der Waals surface area contributed by atoms with Crippen LogP contribution in [0.5, 0.6) is 0 Å². The van der Waals surface area contributed by atoms with Gasteiger partial charge in [0.25, 0.3) is 0 Å². The molecule has 0 aliphatic heterocycles. The maximum absolute atomic E-state index is 12.5. The number of aromatic nitrogens is 2. The van der Waals surface area contributed by atoms with Crippen LogP contribution in [0.15, 0.2) is 34.5 Å². The van der Waals surface area contributed by atoms with Gasteiger partial charge in [0.2, 0.25) is 5.95 Å². The number of hydrogen-bond donors (Lipinski definition) is 2. The molecule has 2 aromatic heterocycles. The van der Waals surface area contributed by atoms with E-state index in [9.17, 15) is 8.42 Å². The van der Waals surface area contributed by atoms with Crippen molar-refractivity contribution in [3.05, 3.63) is 39.5 Å². The van der Waals surface area contributed by atoms with Crippen molar-refractivity contribution >= 4 is 55.4 Å². The average Bonchev–Trinajstić information content (AvgIpc) is 3.18. The summed E-state index contributed by atoms with van der Waals surface area (Å²) in [4.78, 5) is 12.6. The van der Waals surface area contributed by atoms with Gasteiger partial charge in [-0.25, -0.2) is 13.4 Å². The van der Waals surface area contributed by atoms with E-state index in [2.05, 4.69) is 10.6 Å². The van der Waals surface area contributed by atoms with E-state index in [1.54, 1.807) is 19.2 Å². The molecule has 1 aromatic carbocycles. The Morgan fingerprint density at radius 1 is 1.12 bits per heavy atom. The van der Waals surface area contributed by atoms with E-state index in [4.69, 9.17) is 21.6 Å². The lowest BCUT2D eigenvalue weighted by Gasteiger charge is -2.30. The summed E-state index contributed by atoms with van der Waals surface area (Å²) < 4.78 is 24.9. The second-order valence-corrected chi connectivity index (χ2v) is 13.1. The third-order valence-corrected chi connectivity index (χ3v) is 10.3. The fraction of sp³-hybridized carbons (Fsp3) is 0.500. The van der Waals surface area contributed by atoms with Gasteiger partial charge in [-0.05, 0) is 51.7 Å². The molecular weight excluding hydrogens is 490 g/mol. The number of fused-ring (bicyclic) bond motifs is 1. The van der Waals surface area contributed by atoms with E-state index in [1.807, 2.05) is 43.3 Å². The van der Waals surface area contributed by atoms with Crippen molar-refractivity contribution in [2.45, 2.75) is 68.3 Å². The predicted octanol–water partition coefficient (Wildman–Crippen LogP) is 5.11. The number of para-hydroxylation sites is 1. The van der Waals surface area contributed by atoms with Gasteiger partial charge < -0.3 is 15.5 Å². The quantitative estimate of drug-likeness (QED) is 0.426. The van der Waals surface area contributed by atoms with Crippen molar-refractivity contribution in [1.29, 1.82) is 0 Å². The van der Waals surface area contributed by atoms with Gasteiger partial charge in [0.1, 0.15) is 5.82 Å². The van der Waals surface area contributed by atoms with E-state index >= 15 is 0 Å². The highest BCUT2D eigenvalue weighted by atomic mass is 35.5. The van der Waals surface area contributed by atoms with Crippen LogP contribution in [0.2, 0.25) is 5.02 Å². The molecule has 0 amide bonds. The van der Waals surface area contributed by atoms with Crippen molar-refractivity contribution in [2.24, 2.45) is 0 Å². The third kappa shape index (κ3) is 5.32. The molecule has 0 atom stereocenters. The lowest BCUT2D eigenvalue weighted by molar-refractivity contribution is 0.353. The summed E-state index contributed by atoms with van der Waals surface area (Å²) in [5.41, 5.74) is 0.936. The number of nitrogens with one attached hydrogen (secondary N) is 2. The van der Waals surface area contributed by atoms with Gasteiger partial charge in [0, 0.05) is 48.4 Å². The van der Waals surface area contributed by atoms with Crippen LogP contribution in [0.3, 0.4) is 0 Å². The molecule has 4 rings (SSSR count). The van der Waals surface area contributed by atoms with Crippen LogP contribution in [-0.2, 0) is 16.4 Å². The van der Waals surface area contributed by atoms with Crippen molar-refractivity contribution in [2.75, 3.05) is 24.3 Å². The van der Waals surface area contributed by atoms with Gasteiger partial charge in [0.15, 0.2) is 9.84 Å². The van der Waals surface area contributed by atoms with Crippen LogP contribution in [0.25, 0.3) is 10.9 Å². The van der Waals surface area contributed by atoms with Gasteiger partial charge >= 0.3 is 0 Å². The maximum Gasteiger partial charge on any atom is 0.225 e. The minimum atomic E-state index is -3.36. The summed E-state index contributed by atoms with van der Waals surface area (Å²) in [6.07, 6.45) is 4.06. The summed E-state index contributed by atoms with van der Waals surface area (Å²) >= 11 is 7.83. The van der Waals surface area contributed by atoms with E-state index in [0.717, 1.165) is 47.3 Å². The summed E-state index contributed by atoms with van der Waals surface area (Å²) in [7, 11) is 0.631. The monoisotopic (exact) mass is 521 g/mol. The molecule has 2 N–H and O–H groups in total. The van der Waals surface area contributed by atoms with Crippen LogP contribution in [0.4, 0.5) is 11.8 Å². The summed E-state index contributed by atoms with van der Waals surface area (Å²) in [5.74, 6) is 1.58. The standard InChI is InChI=1S/C24H32ClN5O2S2/c1-15(2)34(31,32)21-14-33-20(22(21)25)13-26-16-9-11-17(12-10-16)27-24-28-19-8-6-5-7-18(19)23(29-24)30(3)4/h5-8,14-17,26H,9-13H2,1-4H3,(H,27,28,29). The molecule has 184 valence electrons. The van der Waals surface area contributed by atoms with Gasteiger partial charge in [-0.3, -0.25) is 0 Å². The summed E-state index contributed by atoms with van der Waals surface area (Å²) in [6, 6.07) is 8.76. The molecule has 1 saturated carbocycles. The van der Waals surface area contributed by atoms with E-state index in [1.165, 1.54) is 11.3 Å². The van der Waals surface area contributed by atoms with Crippen molar-refractivity contribution in [1.82, 2.24) is 15.3 Å². The van der Waals surface area contributed by atoms with E-state index < -0.39 is 15.1 Å². The van der Waals surface area contributed by atoms with Crippen molar-refractivity contribution in [3.8, 4) is 0 Å². The predicted molar refractivity (Wildman–Crippen MR) is 142 cm³/mol. The molecule has 3 aromatic rings. The average molecular weight is 522 g/mol. The van der Waals surface area contributed by atoms with Gasteiger partial charge in [0.05, 0.1) is 20.7 Å². The van der Waals surface area contributed by atoms with Crippen LogP contribution in [-0.4, -0.2) is 49.8 Å². The highest BCUT2D eigenvalue weighted by Crippen LogP contribution is 2.34. The normalized spacial score (nSPS) is 19.0. The number of halogens is 1. The highest BCUT2D eigenvalue weighted by Gasteiger charge is 2.26. The van der Waals surface area contributed by atoms with Crippen LogP contribution in [0, 0.1) is 0 Å². The zero-order valence-corrected chi connectivity index (χ0v) is 22.4. The molecule has 1 aliphatic rings. The van der Waals surface area contributed by atoms with Gasteiger partial charge in [-0.15, -0.1) is 11.3 Å². The van der Waals surface area contributed by atoms with Gasteiger partial charge in [-0.2, -0.15) is 4.98 Å². The Labute approximate surface area is 210 Å². The lowest BCUT2D eigenvalue weighted by Crippen LogP contribution is -2.36. The molecular formula is C24H32ClN5O2S2. The zero-order chi connectivity index (χ0) is 24.5. The number of sulfone groups is 1. The first-order valence-electron chi connectivity index (χ1n) is 11.6. The lowest BCUT2D eigenvalue weighted by atomic mass is 9.91. The molecule has 1 fully saturated rings. The largest absolute Gasteiger partial charge is 0.362 e. The van der Waals surface area contributed by atoms with Crippen LogP contribution in [0.1, 0.15) is 44.4 Å². The SMILES string of the molecule is CC(C)S(=O)(=O)c1csc(CNC2CCC(Nc3nc(N(C)C)c4ccccc4n3)CC2)c1Cl. The minimum Gasteiger partial charge on any atom is -0.362 e. The van der Waals surface area contributed by atoms with E-state index in [-0.39, 0.29) is 4.90 Å². The number of hydrogen-bond acceptors (Lipinski definition) is 8. The summed E-state index contributed by atoms with van der Waals surface area (Å²) in [5, 5.41) is 9.71. The smallest absolute Gasteiger partial charge is 0.225 e. The Hall–Kier alpha value is -1.94. The number of anilines is 2. The topological polar surface area (TPSA) is 87.2 Å². The second-order valence-electron chi connectivity index (χ2n) is 9.29. The maximum atomic E-state index is 12.5. The van der Waals surface area contributed by atoms with Crippen molar-refractivity contribution < 1.29 is 8.42 Å². The molecule has 0 radical (unpaired) electrons. The Balaban J connectivity index is 1.34. The Kier molecular flexibility index (Phi) is 7.66. The number of benzene rings is 1. The van der Waals surface area contributed by atoms with E-state index in [0.29, 0.717) is 29.6 Å². The first kappa shape index (κ1) is 25.2. The minimum absolute atomic E-state index is 0.256. The molecule has 1 aliphatic carbocycles. The third-order valence-electron chi connectivity index (χ3n) is 6.31. The molecule has 0 unspecified atom stereocenters. The Bertz CT molecular complexity index is 1250. The summed E-state index contributed by atoms with van der Waals surface area (Å²) in [6.45, 7) is 3.94. The first-order valence-corrected chi connectivity index (χ1v) is 14.4. The molecule has 0 bridgehead atoms. The second kappa shape index (κ2) is 10.4. The number of rotatable bonds is 8. The molecule has 0 spiro atoms. The molecule has 7 nitrogen and oxygen atoms in total. The zero-order valence-electron chi connectivity index (χ0n) is 20.0. The molecule has 34 heavy (non-hydrogen) atoms. The Morgan fingerprint density at radius 3 is 2.47 bits per heavy atom. The number of thiophene rings is 1. The van der Waals surface area contributed by atoms with Crippen molar-refractivity contribution in [3.63, 3.8) is 0 Å². The first-order chi connectivity index (χ1) is 16.2. The van der Waals surface area contributed by atoms with Gasteiger partial charge in [-0.1, -0.05) is 23.7 Å². The fourth-order valence-corrected chi connectivity index (χ4v) is 7.27. The van der Waals surface area contributed by atoms with Crippen LogP contribution >= 0.6 is 22.9 Å². The molecule has 10 heteroatoms. The Morgan fingerprint density at radius 2 is 1.79 bits per heavy atom. The molecule has 2 heterocycles. The fourth-order valence-electron chi connectivity index (χ4n) is 4.26.